The van der Waals surface area contributed by atoms with E-state index >= 15 is 0 Å². The number of nitrogens with zero attached hydrogens (tertiary/aromatic N) is 2. The molecule has 204 valence electrons. The topological polar surface area (TPSA) is 91.4 Å². The van der Waals surface area contributed by atoms with E-state index in [2.05, 4.69) is 15.6 Å². The van der Waals surface area contributed by atoms with Crippen molar-refractivity contribution < 1.29 is 14.4 Å². The molecule has 2 aromatic carbocycles. The molecule has 4 rings (SSSR count). The van der Waals surface area contributed by atoms with Gasteiger partial charge in [0.05, 0.1) is 0 Å². The van der Waals surface area contributed by atoms with Crippen molar-refractivity contribution in [2.75, 3.05) is 10.2 Å². The zero-order valence-electron chi connectivity index (χ0n) is 22.2. The minimum absolute atomic E-state index is 0.0881. The Labute approximate surface area is 235 Å². The van der Waals surface area contributed by atoms with Crippen molar-refractivity contribution in [3.05, 3.63) is 89.1 Å². The largest absolute Gasteiger partial charge is 0.351 e. The quantitative estimate of drug-likeness (QED) is 0.309. The van der Waals surface area contributed by atoms with E-state index in [0.717, 1.165) is 31.2 Å². The van der Waals surface area contributed by atoms with Crippen LogP contribution in [0, 0.1) is 6.92 Å². The molecule has 2 N–H and O–H groups in total. The molecule has 3 amide bonds. The van der Waals surface area contributed by atoms with Gasteiger partial charge in [0.1, 0.15) is 11.9 Å². The number of halogens is 1. The normalized spacial score (nSPS) is 14.3. The van der Waals surface area contributed by atoms with Gasteiger partial charge in [-0.05, 0) is 67.6 Å². The number of nitrogens with one attached hydrogen (secondary N) is 2. The average molecular weight is 547 g/mol. The fourth-order valence-electron chi connectivity index (χ4n) is 5.00. The van der Waals surface area contributed by atoms with Gasteiger partial charge in [0.2, 0.25) is 17.7 Å². The van der Waals surface area contributed by atoms with E-state index < -0.39 is 6.04 Å². The van der Waals surface area contributed by atoms with Gasteiger partial charge >= 0.3 is 0 Å². The molecule has 8 heteroatoms. The Kier molecular flexibility index (Phi) is 10.1. The number of benzene rings is 2. The van der Waals surface area contributed by atoms with Crippen molar-refractivity contribution in [3.8, 4) is 0 Å². The lowest BCUT2D eigenvalue weighted by atomic mass is 9.94. The Morgan fingerprint density at radius 2 is 1.67 bits per heavy atom. The van der Waals surface area contributed by atoms with Gasteiger partial charge in [-0.2, -0.15) is 0 Å². The monoisotopic (exact) mass is 546 g/mol. The highest BCUT2D eigenvalue weighted by Crippen LogP contribution is 2.32. The van der Waals surface area contributed by atoms with Gasteiger partial charge in [-0.1, -0.05) is 67.3 Å². The fourth-order valence-corrected chi connectivity index (χ4v) is 5.13. The summed E-state index contributed by atoms with van der Waals surface area (Å²) in [4.78, 5) is 45.9. The summed E-state index contributed by atoms with van der Waals surface area (Å²) in [6.45, 7) is 1.92. The molecule has 1 aliphatic rings. The lowest BCUT2D eigenvalue weighted by Gasteiger charge is -2.34. The number of hydrogen-bond acceptors (Lipinski definition) is 4. The van der Waals surface area contributed by atoms with E-state index in [4.69, 9.17) is 11.6 Å². The van der Waals surface area contributed by atoms with Crippen LogP contribution in [-0.4, -0.2) is 28.7 Å². The van der Waals surface area contributed by atoms with Crippen molar-refractivity contribution in [3.63, 3.8) is 0 Å². The lowest BCUT2D eigenvalue weighted by molar-refractivity contribution is -0.127. The third-order valence-electron chi connectivity index (χ3n) is 7.01. The number of carbonyl (C=O) groups excluding carboxylic acids is 3. The maximum absolute atomic E-state index is 13.9. The van der Waals surface area contributed by atoms with E-state index in [1.54, 1.807) is 53.6 Å². The number of anilines is 2. The Balaban J connectivity index is 1.58. The van der Waals surface area contributed by atoms with E-state index in [1.165, 1.54) is 6.42 Å². The highest BCUT2D eigenvalue weighted by atomic mass is 35.5. The number of para-hydroxylation sites is 1. The van der Waals surface area contributed by atoms with Crippen LogP contribution < -0.4 is 15.5 Å². The van der Waals surface area contributed by atoms with Crippen LogP contribution in [0.1, 0.15) is 68.5 Å². The maximum atomic E-state index is 13.9. The summed E-state index contributed by atoms with van der Waals surface area (Å²) >= 11 is 6.17. The first kappa shape index (κ1) is 28.3. The van der Waals surface area contributed by atoms with Gasteiger partial charge in [-0.15, -0.1) is 0 Å². The second kappa shape index (κ2) is 13.9. The number of pyridine rings is 1. The number of carbonyl (C=O) groups is 3. The first-order valence-electron chi connectivity index (χ1n) is 13.6. The first-order valence-corrected chi connectivity index (χ1v) is 13.9. The summed E-state index contributed by atoms with van der Waals surface area (Å²) in [5.74, 6) is -0.187. The Hall–Kier alpha value is -3.71. The summed E-state index contributed by atoms with van der Waals surface area (Å²) in [5.41, 5.74) is 2.22. The zero-order chi connectivity index (χ0) is 27.6. The van der Waals surface area contributed by atoms with E-state index in [-0.39, 0.29) is 36.6 Å². The third-order valence-corrected chi connectivity index (χ3v) is 7.27. The standard InChI is InChI=1S/C31H35ClN4O3/c1-22-10-5-6-13-26(22)36(29(38)16-9-15-28(37)35-27-14-7-8-21-33-27)30(23-17-19-24(32)20-18-23)31(39)34-25-11-3-2-4-12-25/h5-8,10,13-14,17-21,25,30H,2-4,9,11-12,15-16H2,1H3,(H,34,39)(H,33,35,37). The van der Waals surface area contributed by atoms with Crippen LogP contribution >= 0.6 is 11.6 Å². The summed E-state index contributed by atoms with van der Waals surface area (Å²) in [7, 11) is 0. The van der Waals surface area contributed by atoms with Crippen molar-refractivity contribution in [2.45, 2.75) is 70.4 Å². The molecular formula is C31H35ClN4O3. The number of amides is 3. The molecule has 1 saturated carbocycles. The zero-order valence-corrected chi connectivity index (χ0v) is 23.0. The molecule has 0 spiro atoms. The smallest absolute Gasteiger partial charge is 0.248 e. The summed E-state index contributed by atoms with van der Waals surface area (Å²) in [6, 6.07) is 19.1. The molecule has 1 atom stereocenters. The van der Waals surface area contributed by atoms with Crippen molar-refractivity contribution in [1.29, 1.82) is 0 Å². The second-order valence-corrected chi connectivity index (χ2v) is 10.4. The van der Waals surface area contributed by atoms with Crippen LogP contribution in [0.4, 0.5) is 11.5 Å². The van der Waals surface area contributed by atoms with Gasteiger partial charge in [-0.25, -0.2) is 4.98 Å². The van der Waals surface area contributed by atoms with Crippen LogP contribution in [0.15, 0.2) is 72.9 Å². The molecule has 39 heavy (non-hydrogen) atoms. The molecule has 1 fully saturated rings. The second-order valence-electron chi connectivity index (χ2n) is 9.96. The summed E-state index contributed by atoms with van der Waals surface area (Å²) in [5, 5.41) is 6.53. The Morgan fingerprint density at radius 1 is 0.949 bits per heavy atom. The number of hydrogen-bond donors (Lipinski definition) is 2. The maximum Gasteiger partial charge on any atom is 0.248 e. The van der Waals surface area contributed by atoms with Gasteiger partial charge in [-0.3, -0.25) is 19.3 Å². The van der Waals surface area contributed by atoms with Crippen molar-refractivity contribution in [1.82, 2.24) is 10.3 Å². The molecule has 0 radical (unpaired) electrons. The Morgan fingerprint density at radius 3 is 2.36 bits per heavy atom. The van der Waals surface area contributed by atoms with Crippen LogP contribution in [-0.2, 0) is 14.4 Å². The minimum Gasteiger partial charge on any atom is -0.351 e. The van der Waals surface area contributed by atoms with E-state index in [9.17, 15) is 14.4 Å². The van der Waals surface area contributed by atoms with Crippen molar-refractivity contribution in [2.24, 2.45) is 0 Å². The molecule has 0 saturated heterocycles. The molecule has 7 nitrogen and oxygen atoms in total. The van der Waals surface area contributed by atoms with Crippen LogP contribution in [0.5, 0.6) is 0 Å². The molecule has 1 heterocycles. The van der Waals surface area contributed by atoms with Gasteiger partial charge in [0.15, 0.2) is 0 Å². The summed E-state index contributed by atoms with van der Waals surface area (Å²) in [6.07, 6.45) is 7.40. The molecule has 0 bridgehead atoms. The van der Waals surface area contributed by atoms with Gasteiger partial charge in [0, 0.05) is 35.8 Å². The van der Waals surface area contributed by atoms with Crippen LogP contribution in [0.25, 0.3) is 0 Å². The predicted molar refractivity (Wildman–Crippen MR) is 155 cm³/mol. The highest BCUT2D eigenvalue weighted by Gasteiger charge is 2.34. The Bertz CT molecular complexity index is 1260. The van der Waals surface area contributed by atoms with Gasteiger partial charge < -0.3 is 10.6 Å². The predicted octanol–water partition coefficient (Wildman–Crippen LogP) is 6.38. The SMILES string of the molecule is Cc1ccccc1N(C(=O)CCCC(=O)Nc1ccccn1)C(C(=O)NC1CCCCC1)c1ccc(Cl)cc1. The van der Waals surface area contributed by atoms with Gasteiger partial charge in [0.25, 0.3) is 0 Å². The van der Waals surface area contributed by atoms with E-state index in [0.29, 0.717) is 28.5 Å². The first-order chi connectivity index (χ1) is 18.9. The van der Waals surface area contributed by atoms with Crippen molar-refractivity contribution >= 4 is 40.8 Å². The molecule has 1 aromatic heterocycles. The number of aromatic nitrogens is 1. The average Bonchev–Trinajstić information content (AvgIpc) is 2.94. The summed E-state index contributed by atoms with van der Waals surface area (Å²) < 4.78 is 0. The third kappa shape index (κ3) is 7.90. The fraction of sp³-hybridized carbons (Fsp3) is 0.355. The highest BCUT2D eigenvalue weighted by molar-refractivity contribution is 6.30. The molecule has 1 aliphatic carbocycles. The number of rotatable bonds is 10. The molecular weight excluding hydrogens is 512 g/mol. The van der Waals surface area contributed by atoms with E-state index in [1.807, 2.05) is 31.2 Å². The lowest BCUT2D eigenvalue weighted by Crippen LogP contribution is -2.47. The number of aryl methyl sites for hydroxylation is 1. The minimum atomic E-state index is -0.875. The van der Waals surface area contributed by atoms with Crippen LogP contribution in [0.2, 0.25) is 5.02 Å². The molecule has 0 aliphatic heterocycles. The van der Waals surface area contributed by atoms with Crippen LogP contribution in [0.3, 0.4) is 0 Å². The molecule has 3 aromatic rings. The molecule has 1 unspecified atom stereocenters.